The van der Waals surface area contributed by atoms with E-state index in [-0.39, 0.29) is 0 Å². The van der Waals surface area contributed by atoms with Crippen LogP contribution >= 0.6 is 0 Å². The van der Waals surface area contributed by atoms with Crippen LogP contribution < -0.4 is 10.6 Å². The summed E-state index contributed by atoms with van der Waals surface area (Å²) < 4.78 is 37.7. The summed E-state index contributed by atoms with van der Waals surface area (Å²) in [4.78, 5) is 4.17. The molecule has 19 heavy (non-hydrogen) atoms. The van der Waals surface area contributed by atoms with E-state index in [4.69, 9.17) is 0 Å². The number of alkyl halides is 3. The number of hydrogen-bond acceptors (Lipinski definition) is 3. The lowest BCUT2D eigenvalue weighted by Gasteiger charge is -2.10. The van der Waals surface area contributed by atoms with Crippen LogP contribution in [-0.4, -0.2) is 12.0 Å². The number of halogens is 3. The van der Waals surface area contributed by atoms with Crippen molar-refractivity contribution in [2.45, 2.75) is 6.18 Å². The zero-order valence-corrected chi connectivity index (χ0v) is 10.1. The Bertz CT molecular complexity index is 567. The van der Waals surface area contributed by atoms with E-state index in [1.54, 1.807) is 31.3 Å². The lowest BCUT2D eigenvalue weighted by molar-refractivity contribution is -0.137. The van der Waals surface area contributed by atoms with Crippen LogP contribution in [0.25, 0.3) is 0 Å². The highest BCUT2D eigenvalue weighted by molar-refractivity contribution is 5.59. The van der Waals surface area contributed by atoms with Crippen LogP contribution in [0.15, 0.2) is 42.5 Å². The SMILES string of the molecule is CNc1cccc(Nc2cccc(C(F)(F)F)c2)n1. The highest BCUT2D eigenvalue weighted by Crippen LogP contribution is 2.31. The maximum atomic E-state index is 12.6. The molecule has 6 heteroatoms. The van der Waals surface area contributed by atoms with E-state index in [2.05, 4.69) is 15.6 Å². The van der Waals surface area contributed by atoms with Crippen molar-refractivity contribution in [2.75, 3.05) is 17.7 Å². The van der Waals surface area contributed by atoms with Gasteiger partial charge in [0.2, 0.25) is 0 Å². The molecular formula is C13H12F3N3. The van der Waals surface area contributed by atoms with Gasteiger partial charge in [-0.1, -0.05) is 12.1 Å². The van der Waals surface area contributed by atoms with Gasteiger partial charge in [0, 0.05) is 12.7 Å². The third kappa shape index (κ3) is 3.37. The van der Waals surface area contributed by atoms with E-state index in [1.165, 1.54) is 6.07 Å². The molecule has 0 amide bonds. The number of hydrogen-bond donors (Lipinski definition) is 2. The predicted molar refractivity (Wildman–Crippen MR) is 68.5 cm³/mol. The average molecular weight is 267 g/mol. The van der Waals surface area contributed by atoms with Crippen molar-refractivity contribution in [3.63, 3.8) is 0 Å². The van der Waals surface area contributed by atoms with E-state index in [9.17, 15) is 13.2 Å². The lowest BCUT2D eigenvalue weighted by Crippen LogP contribution is -2.05. The second-order valence-corrected chi connectivity index (χ2v) is 3.86. The topological polar surface area (TPSA) is 37.0 Å². The molecule has 2 rings (SSSR count). The molecule has 1 heterocycles. The third-order valence-corrected chi connectivity index (χ3v) is 2.47. The van der Waals surface area contributed by atoms with Gasteiger partial charge in [-0.2, -0.15) is 13.2 Å². The lowest BCUT2D eigenvalue weighted by atomic mass is 10.2. The molecule has 100 valence electrons. The molecular weight excluding hydrogens is 255 g/mol. The molecule has 1 aromatic heterocycles. The standard InChI is InChI=1S/C13H12F3N3/c1-17-11-6-3-7-12(19-11)18-10-5-2-4-9(8-10)13(14,15)16/h2-8H,1H3,(H2,17,18,19). The number of pyridine rings is 1. The summed E-state index contributed by atoms with van der Waals surface area (Å²) in [5.74, 6) is 1.11. The summed E-state index contributed by atoms with van der Waals surface area (Å²) in [5.41, 5.74) is -0.349. The van der Waals surface area contributed by atoms with Gasteiger partial charge in [0.25, 0.3) is 0 Å². The van der Waals surface area contributed by atoms with Crippen LogP contribution in [0.2, 0.25) is 0 Å². The normalized spacial score (nSPS) is 11.2. The van der Waals surface area contributed by atoms with E-state index >= 15 is 0 Å². The molecule has 1 aromatic carbocycles. The first-order valence-corrected chi connectivity index (χ1v) is 5.58. The number of nitrogens with zero attached hydrogens (tertiary/aromatic N) is 1. The monoisotopic (exact) mass is 267 g/mol. The number of benzene rings is 1. The van der Waals surface area contributed by atoms with Crippen LogP contribution in [0.1, 0.15) is 5.56 Å². The quantitative estimate of drug-likeness (QED) is 0.886. The smallest absolute Gasteiger partial charge is 0.373 e. The van der Waals surface area contributed by atoms with Crippen LogP contribution in [0.4, 0.5) is 30.5 Å². The van der Waals surface area contributed by atoms with Gasteiger partial charge in [-0.15, -0.1) is 0 Å². The zero-order chi connectivity index (χ0) is 13.9. The zero-order valence-electron chi connectivity index (χ0n) is 10.1. The Kier molecular flexibility index (Phi) is 3.59. The summed E-state index contributed by atoms with van der Waals surface area (Å²) >= 11 is 0. The minimum Gasteiger partial charge on any atom is -0.373 e. The first-order valence-electron chi connectivity index (χ1n) is 5.58. The molecule has 0 unspecified atom stereocenters. The molecule has 0 aliphatic rings. The Morgan fingerprint density at radius 3 is 2.37 bits per heavy atom. The number of rotatable bonds is 3. The molecule has 0 fully saturated rings. The van der Waals surface area contributed by atoms with E-state index < -0.39 is 11.7 Å². The molecule has 2 N–H and O–H groups in total. The van der Waals surface area contributed by atoms with Crippen LogP contribution in [0, 0.1) is 0 Å². The van der Waals surface area contributed by atoms with E-state index in [0.717, 1.165) is 12.1 Å². The third-order valence-electron chi connectivity index (χ3n) is 2.47. The van der Waals surface area contributed by atoms with Crippen molar-refractivity contribution in [3.8, 4) is 0 Å². The first kappa shape index (κ1) is 13.2. The van der Waals surface area contributed by atoms with Crippen LogP contribution in [-0.2, 0) is 6.18 Å². The van der Waals surface area contributed by atoms with Crippen molar-refractivity contribution in [1.82, 2.24) is 4.98 Å². The fourth-order valence-electron chi connectivity index (χ4n) is 1.56. The summed E-state index contributed by atoms with van der Waals surface area (Å²) in [5, 5.41) is 5.70. The average Bonchev–Trinajstić information content (AvgIpc) is 2.38. The van der Waals surface area contributed by atoms with Gasteiger partial charge in [-0.05, 0) is 30.3 Å². The number of anilines is 3. The Morgan fingerprint density at radius 1 is 1.00 bits per heavy atom. The van der Waals surface area contributed by atoms with Gasteiger partial charge in [-0.25, -0.2) is 4.98 Å². The van der Waals surface area contributed by atoms with Crippen molar-refractivity contribution in [3.05, 3.63) is 48.0 Å². The van der Waals surface area contributed by atoms with Gasteiger partial charge < -0.3 is 10.6 Å². The van der Waals surface area contributed by atoms with Gasteiger partial charge in [-0.3, -0.25) is 0 Å². The molecule has 0 saturated carbocycles. The van der Waals surface area contributed by atoms with Crippen LogP contribution in [0.5, 0.6) is 0 Å². The maximum absolute atomic E-state index is 12.6. The highest BCUT2D eigenvalue weighted by atomic mass is 19.4. The van der Waals surface area contributed by atoms with Crippen molar-refractivity contribution < 1.29 is 13.2 Å². The van der Waals surface area contributed by atoms with Gasteiger partial charge >= 0.3 is 6.18 Å². The van der Waals surface area contributed by atoms with E-state index in [1.807, 2.05) is 0 Å². The molecule has 0 radical (unpaired) electrons. The molecule has 0 saturated heterocycles. The fourth-order valence-corrected chi connectivity index (χ4v) is 1.56. The fraction of sp³-hybridized carbons (Fsp3) is 0.154. The van der Waals surface area contributed by atoms with Gasteiger partial charge in [0.1, 0.15) is 11.6 Å². The molecule has 0 aliphatic heterocycles. The maximum Gasteiger partial charge on any atom is 0.416 e. The van der Waals surface area contributed by atoms with Crippen LogP contribution in [0.3, 0.4) is 0 Å². The Balaban J connectivity index is 2.23. The van der Waals surface area contributed by atoms with Crippen molar-refractivity contribution in [2.24, 2.45) is 0 Å². The minimum atomic E-state index is -4.35. The van der Waals surface area contributed by atoms with Gasteiger partial charge in [0.05, 0.1) is 5.56 Å². The summed E-state index contributed by atoms with van der Waals surface area (Å²) in [7, 11) is 1.72. The largest absolute Gasteiger partial charge is 0.416 e. The predicted octanol–water partition coefficient (Wildman–Crippen LogP) is 3.89. The Labute approximate surface area is 108 Å². The summed E-state index contributed by atoms with van der Waals surface area (Å²) in [6.45, 7) is 0. The second kappa shape index (κ2) is 5.17. The minimum absolute atomic E-state index is 0.343. The molecule has 3 nitrogen and oxygen atoms in total. The molecule has 0 aliphatic carbocycles. The second-order valence-electron chi connectivity index (χ2n) is 3.86. The molecule has 0 bridgehead atoms. The molecule has 0 atom stereocenters. The highest BCUT2D eigenvalue weighted by Gasteiger charge is 2.30. The Hall–Kier alpha value is -2.24. The van der Waals surface area contributed by atoms with Gasteiger partial charge in [0.15, 0.2) is 0 Å². The Morgan fingerprint density at radius 2 is 1.68 bits per heavy atom. The van der Waals surface area contributed by atoms with E-state index in [0.29, 0.717) is 17.3 Å². The summed E-state index contributed by atoms with van der Waals surface area (Å²) in [6.07, 6.45) is -4.35. The molecule has 0 spiro atoms. The number of aromatic nitrogens is 1. The summed E-state index contributed by atoms with van der Waals surface area (Å²) in [6, 6.07) is 10.2. The van der Waals surface area contributed by atoms with Crippen molar-refractivity contribution in [1.29, 1.82) is 0 Å². The molecule has 2 aromatic rings. The number of nitrogens with one attached hydrogen (secondary N) is 2. The van der Waals surface area contributed by atoms with Crippen molar-refractivity contribution >= 4 is 17.3 Å². The first-order chi connectivity index (χ1) is 8.99.